The second-order valence-electron chi connectivity index (χ2n) is 6.94. The number of nitrogens with one attached hydrogen (secondary N) is 1. The Morgan fingerprint density at radius 3 is 2.41 bits per heavy atom. The van der Waals surface area contributed by atoms with Crippen LogP contribution in [0.2, 0.25) is 10.0 Å². The lowest BCUT2D eigenvalue weighted by atomic mass is 9.73. The minimum absolute atomic E-state index is 0.0124. The summed E-state index contributed by atoms with van der Waals surface area (Å²) in [7, 11) is 0. The van der Waals surface area contributed by atoms with Crippen LogP contribution < -0.4 is 5.32 Å². The maximum Gasteiger partial charge on any atom is 0.225 e. The third-order valence-electron chi connectivity index (χ3n) is 5.22. The Bertz CT molecular complexity index is 969. The SMILES string of the molecule is O=C1C[C@H](c2ccc(Cl)cc2Cl)C2=C(C[C@@H](c3ccc(F)cc3)CC2=O)N1. The summed E-state index contributed by atoms with van der Waals surface area (Å²) in [4.78, 5) is 25.3. The molecule has 1 amide bonds. The number of Topliss-reactive ketones (excluding diaryl/α,β-unsaturated/α-hetero) is 1. The molecule has 0 spiro atoms. The van der Waals surface area contributed by atoms with E-state index in [4.69, 9.17) is 23.2 Å². The maximum absolute atomic E-state index is 13.2. The number of ketones is 1. The molecule has 1 aliphatic heterocycles. The molecule has 1 aliphatic carbocycles. The lowest BCUT2D eigenvalue weighted by molar-refractivity contribution is -0.122. The number of carbonyl (C=O) groups is 2. The summed E-state index contributed by atoms with van der Waals surface area (Å²) in [6.07, 6.45) is 1.02. The molecule has 0 saturated carbocycles. The van der Waals surface area contributed by atoms with E-state index in [1.54, 1.807) is 30.3 Å². The van der Waals surface area contributed by atoms with E-state index in [2.05, 4.69) is 5.32 Å². The first-order valence-electron chi connectivity index (χ1n) is 8.69. The Hall–Kier alpha value is -2.17. The van der Waals surface area contributed by atoms with Gasteiger partial charge < -0.3 is 5.32 Å². The fourth-order valence-electron chi connectivity index (χ4n) is 3.98. The molecule has 1 N–H and O–H groups in total. The third-order valence-corrected chi connectivity index (χ3v) is 5.78. The molecule has 0 bridgehead atoms. The molecule has 3 nitrogen and oxygen atoms in total. The quantitative estimate of drug-likeness (QED) is 0.754. The highest BCUT2D eigenvalue weighted by atomic mass is 35.5. The standard InChI is InChI=1S/C21H16Cl2FNO2/c22-13-3-6-15(17(23)9-13)16-10-20(27)25-18-7-12(8-19(26)21(16)18)11-1-4-14(24)5-2-11/h1-6,9,12,16H,7-8,10H2,(H,25,27)/t12-,16-/m1/s1. The predicted octanol–water partition coefficient (Wildman–Crippen LogP) is 5.14. The topological polar surface area (TPSA) is 46.2 Å². The van der Waals surface area contributed by atoms with E-state index in [1.807, 2.05) is 0 Å². The first-order chi connectivity index (χ1) is 12.9. The number of carbonyl (C=O) groups excluding carboxylic acids is 2. The van der Waals surface area contributed by atoms with E-state index in [9.17, 15) is 14.0 Å². The molecule has 2 aliphatic rings. The molecule has 1 heterocycles. The van der Waals surface area contributed by atoms with E-state index in [0.29, 0.717) is 34.2 Å². The van der Waals surface area contributed by atoms with Crippen LogP contribution in [0.5, 0.6) is 0 Å². The number of halogens is 3. The van der Waals surface area contributed by atoms with Crippen molar-refractivity contribution in [2.45, 2.75) is 31.1 Å². The fraction of sp³-hybridized carbons (Fsp3) is 0.238. The van der Waals surface area contributed by atoms with Crippen molar-refractivity contribution in [1.82, 2.24) is 5.32 Å². The van der Waals surface area contributed by atoms with E-state index in [0.717, 1.165) is 11.1 Å². The van der Waals surface area contributed by atoms with Crippen molar-refractivity contribution in [3.63, 3.8) is 0 Å². The van der Waals surface area contributed by atoms with Crippen LogP contribution in [0.4, 0.5) is 4.39 Å². The van der Waals surface area contributed by atoms with Gasteiger partial charge in [-0.2, -0.15) is 0 Å². The van der Waals surface area contributed by atoms with Gasteiger partial charge in [-0.25, -0.2) is 4.39 Å². The summed E-state index contributed by atoms with van der Waals surface area (Å²) in [5.74, 6) is -0.931. The molecule has 0 saturated heterocycles. The second kappa shape index (κ2) is 7.10. The zero-order valence-electron chi connectivity index (χ0n) is 14.3. The molecule has 0 radical (unpaired) electrons. The van der Waals surface area contributed by atoms with Crippen molar-refractivity contribution in [2.24, 2.45) is 0 Å². The number of hydrogen-bond acceptors (Lipinski definition) is 2. The summed E-state index contributed by atoms with van der Waals surface area (Å²) in [6.45, 7) is 0. The Morgan fingerprint density at radius 1 is 0.963 bits per heavy atom. The van der Waals surface area contributed by atoms with E-state index < -0.39 is 0 Å². The van der Waals surface area contributed by atoms with Crippen LogP contribution in [0, 0.1) is 5.82 Å². The minimum Gasteiger partial charge on any atom is -0.329 e. The number of hydrogen-bond donors (Lipinski definition) is 1. The second-order valence-corrected chi connectivity index (χ2v) is 7.79. The molecule has 4 rings (SSSR count). The van der Waals surface area contributed by atoms with Crippen LogP contribution in [-0.4, -0.2) is 11.7 Å². The van der Waals surface area contributed by atoms with Crippen LogP contribution in [-0.2, 0) is 9.59 Å². The summed E-state index contributed by atoms with van der Waals surface area (Å²) in [6, 6.07) is 11.3. The lowest BCUT2D eigenvalue weighted by Crippen LogP contribution is -2.38. The van der Waals surface area contributed by atoms with Crippen LogP contribution in [0.3, 0.4) is 0 Å². The first-order valence-corrected chi connectivity index (χ1v) is 9.44. The molecule has 27 heavy (non-hydrogen) atoms. The maximum atomic E-state index is 13.2. The largest absolute Gasteiger partial charge is 0.329 e. The fourth-order valence-corrected chi connectivity index (χ4v) is 4.52. The Kier molecular flexibility index (Phi) is 4.79. The van der Waals surface area contributed by atoms with Crippen LogP contribution in [0.1, 0.15) is 42.2 Å². The Morgan fingerprint density at radius 2 is 1.70 bits per heavy atom. The van der Waals surface area contributed by atoms with Gasteiger partial charge in [-0.3, -0.25) is 9.59 Å². The first kappa shape index (κ1) is 18.2. The highest BCUT2D eigenvalue weighted by molar-refractivity contribution is 6.35. The molecule has 2 aromatic rings. The van der Waals surface area contributed by atoms with Gasteiger partial charge in [0.25, 0.3) is 0 Å². The van der Waals surface area contributed by atoms with Gasteiger partial charge in [0.15, 0.2) is 5.78 Å². The van der Waals surface area contributed by atoms with Gasteiger partial charge >= 0.3 is 0 Å². The Labute approximate surface area is 166 Å². The molecule has 0 fully saturated rings. The van der Waals surface area contributed by atoms with Crippen molar-refractivity contribution in [3.05, 3.63) is 80.7 Å². The van der Waals surface area contributed by atoms with Gasteiger partial charge in [-0.05, 0) is 47.7 Å². The molecule has 138 valence electrons. The van der Waals surface area contributed by atoms with Gasteiger partial charge in [0.05, 0.1) is 0 Å². The monoisotopic (exact) mass is 403 g/mol. The molecular formula is C21H16Cl2FNO2. The Balaban J connectivity index is 1.73. The average molecular weight is 404 g/mol. The number of allylic oxidation sites excluding steroid dienone is 2. The van der Waals surface area contributed by atoms with Crippen LogP contribution in [0.25, 0.3) is 0 Å². The predicted molar refractivity (Wildman–Crippen MR) is 102 cm³/mol. The van der Waals surface area contributed by atoms with Crippen LogP contribution in [0.15, 0.2) is 53.7 Å². The summed E-state index contributed by atoms with van der Waals surface area (Å²) in [5.41, 5.74) is 2.89. The minimum atomic E-state index is -0.375. The molecule has 6 heteroatoms. The van der Waals surface area contributed by atoms with Crippen molar-refractivity contribution in [1.29, 1.82) is 0 Å². The summed E-state index contributed by atoms with van der Waals surface area (Å²) < 4.78 is 13.2. The molecular weight excluding hydrogens is 388 g/mol. The van der Waals surface area contributed by atoms with Crippen molar-refractivity contribution >= 4 is 34.9 Å². The van der Waals surface area contributed by atoms with Crippen LogP contribution >= 0.6 is 23.2 Å². The van der Waals surface area contributed by atoms with Gasteiger partial charge in [0, 0.05) is 40.1 Å². The molecule has 2 aromatic carbocycles. The summed E-state index contributed by atoms with van der Waals surface area (Å²) in [5, 5.41) is 3.82. The van der Waals surface area contributed by atoms with Gasteiger partial charge in [0.2, 0.25) is 5.91 Å². The molecule has 2 atom stereocenters. The molecule has 0 aromatic heterocycles. The number of amides is 1. The van der Waals surface area contributed by atoms with E-state index >= 15 is 0 Å². The van der Waals surface area contributed by atoms with Gasteiger partial charge in [-0.15, -0.1) is 0 Å². The van der Waals surface area contributed by atoms with Gasteiger partial charge in [-0.1, -0.05) is 41.4 Å². The van der Waals surface area contributed by atoms with Crippen molar-refractivity contribution in [3.8, 4) is 0 Å². The number of benzene rings is 2. The molecule has 0 unspecified atom stereocenters. The lowest BCUT2D eigenvalue weighted by Gasteiger charge is -2.34. The van der Waals surface area contributed by atoms with Crippen molar-refractivity contribution in [2.75, 3.05) is 0 Å². The summed E-state index contributed by atoms with van der Waals surface area (Å²) >= 11 is 12.3. The van der Waals surface area contributed by atoms with E-state index in [1.165, 1.54) is 12.1 Å². The van der Waals surface area contributed by atoms with Crippen molar-refractivity contribution < 1.29 is 14.0 Å². The number of rotatable bonds is 2. The van der Waals surface area contributed by atoms with E-state index in [-0.39, 0.29) is 35.8 Å². The zero-order valence-corrected chi connectivity index (χ0v) is 15.8. The highest BCUT2D eigenvalue weighted by Gasteiger charge is 2.38. The smallest absolute Gasteiger partial charge is 0.225 e. The average Bonchev–Trinajstić information content (AvgIpc) is 2.61. The highest BCUT2D eigenvalue weighted by Crippen LogP contribution is 2.44. The normalized spacial score (nSPS) is 22.5. The zero-order chi connectivity index (χ0) is 19.1. The van der Waals surface area contributed by atoms with Gasteiger partial charge in [0.1, 0.15) is 5.82 Å². The third kappa shape index (κ3) is 3.52.